The maximum Gasteiger partial charge on any atom is 0.123 e. The molecule has 0 bridgehead atoms. The Balaban J connectivity index is 1.67. The number of nitrogens with one attached hydrogen (secondary N) is 1. The molecule has 3 heteroatoms. The quantitative estimate of drug-likeness (QED) is 0.917. The van der Waals surface area contributed by atoms with Crippen LogP contribution in [0.5, 0.6) is 5.75 Å². The molecule has 1 aromatic rings. The van der Waals surface area contributed by atoms with Gasteiger partial charge in [0, 0.05) is 24.7 Å². The third-order valence-corrected chi connectivity index (χ3v) is 4.81. The fourth-order valence-corrected chi connectivity index (χ4v) is 3.74. The lowest BCUT2D eigenvalue weighted by Gasteiger charge is -2.42. The third-order valence-electron chi connectivity index (χ3n) is 4.81. The molecule has 2 saturated heterocycles. The van der Waals surface area contributed by atoms with E-state index in [2.05, 4.69) is 35.3 Å². The first-order valence-electron chi connectivity index (χ1n) is 7.85. The Labute approximate surface area is 122 Å². The minimum atomic E-state index is 0.763. The number of hydrogen-bond acceptors (Lipinski definition) is 3. The van der Waals surface area contributed by atoms with Crippen LogP contribution in [0.15, 0.2) is 18.2 Å². The van der Waals surface area contributed by atoms with Crippen molar-refractivity contribution in [2.45, 2.75) is 38.8 Å². The van der Waals surface area contributed by atoms with E-state index in [1.165, 1.54) is 50.0 Å². The van der Waals surface area contributed by atoms with Crippen molar-refractivity contribution in [2.75, 3.05) is 26.7 Å². The Morgan fingerprint density at radius 1 is 1.35 bits per heavy atom. The Hall–Kier alpha value is -1.06. The molecule has 2 aliphatic rings. The Morgan fingerprint density at radius 3 is 3.10 bits per heavy atom. The van der Waals surface area contributed by atoms with Crippen LogP contribution in [-0.4, -0.2) is 37.7 Å². The van der Waals surface area contributed by atoms with Gasteiger partial charge in [-0.1, -0.05) is 17.7 Å². The van der Waals surface area contributed by atoms with Gasteiger partial charge in [0.25, 0.3) is 0 Å². The van der Waals surface area contributed by atoms with Crippen LogP contribution < -0.4 is 10.1 Å². The summed E-state index contributed by atoms with van der Waals surface area (Å²) >= 11 is 0. The summed E-state index contributed by atoms with van der Waals surface area (Å²) in [6.45, 7) is 6.82. The van der Waals surface area contributed by atoms with Gasteiger partial charge in [0.05, 0.1) is 7.11 Å². The average molecular weight is 274 g/mol. The molecule has 2 unspecified atom stereocenters. The molecule has 0 amide bonds. The largest absolute Gasteiger partial charge is 0.496 e. The molecule has 20 heavy (non-hydrogen) atoms. The lowest BCUT2D eigenvalue weighted by molar-refractivity contribution is 0.108. The van der Waals surface area contributed by atoms with Crippen molar-refractivity contribution in [3.63, 3.8) is 0 Å². The number of hydrogen-bond donors (Lipinski definition) is 1. The molecular formula is C17H26N2O. The fourth-order valence-electron chi connectivity index (χ4n) is 3.74. The summed E-state index contributed by atoms with van der Waals surface area (Å²) < 4.78 is 5.51. The number of ether oxygens (including phenoxy) is 1. The molecule has 3 nitrogen and oxygen atoms in total. The summed E-state index contributed by atoms with van der Waals surface area (Å²) in [6, 6.07) is 7.25. The van der Waals surface area contributed by atoms with Gasteiger partial charge in [-0.25, -0.2) is 0 Å². The van der Waals surface area contributed by atoms with Crippen LogP contribution in [0.3, 0.4) is 0 Å². The van der Waals surface area contributed by atoms with Gasteiger partial charge in [-0.15, -0.1) is 0 Å². The number of aryl methyl sites for hydroxylation is 1. The molecule has 2 aliphatic heterocycles. The number of rotatable bonds is 3. The van der Waals surface area contributed by atoms with E-state index >= 15 is 0 Å². The molecule has 1 N–H and O–H groups in total. The average Bonchev–Trinajstić information content (AvgIpc) is 2.47. The monoisotopic (exact) mass is 274 g/mol. The second-order valence-corrected chi connectivity index (χ2v) is 6.30. The van der Waals surface area contributed by atoms with Gasteiger partial charge in [-0.2, -0.15) is 0 Å². The van der Waals surface area contributed by atoms with Crippen molar-refractivity contribution in [3.05, 3.63) is 29.3 Å². The highest BCUT2D eigenvalue weighted by atomic mass is 16.5. The minimum absolute atomic E-state index is 0.763. The van der Waals surface area contributed by atoms with Crippen LogP contribution in [-0.2, 0) is 6.54 Å². The molecule has 2 fully saturated rings. The van der Waals surface area contributed by atoms with Gasteiger partial charge in [0.2, 0.25) is 0 Å². The number of benzene rings is 1. The molecule has 0 aliphatic carbocycles. The summed E-state index contributed by atoms with van der Waals surface area (Å²) in [6.07, 6.45) is 4.01. The maximum atomic E-state index is 5.51. The summed E-state index contributed by atoms with van der Waals surface area (Å²) in [5, 5.41) is 3.69. The van der Waals surface area contributed by atoms with Crippen LogP contribution in [0.4, 0.5) is 0 Å². The van der Waals surface area contributed by atoms with Crippen LogP contribution in [0.2, 0.25) is 0 Å². The zero-order valence-electron chi connectivity index (χ0n) is 12.7. The summed E-state index contributed by atoms with van der Waals surface area (Å²) in [4.78, 5) is 2.60. The van der Waals surface area contributed by atoms with Crippen molar-refractivity contribution < 1.29 is 4.74 Å². The summed E-state index contributed by atoms with van der Waals surface area (Å²) in [7, 11) is 1.77. The summed E-state index contributed by atoms with van der Waals surface area (Å²) in [5.74, 6) is 1.87. The van der Waals surface area contributed by atoms with E-state index in [0.717, 1.165) is 24.3 Å². The number of fused-ring (bicyclic) bond motifs is 1. The Kier molecular flexibility index (Phi) is 4.27. The van der Waals surface area contributed by atoms with Gasteiger partial charge in [0.15, 0.2) is 0 Å². The molecule has 0 radical (unpaired) electrons. The van der Waals surface area contributed by atoms with Crippen LogP contribution in [0, 0.1) is 12.8 Å². The Bertz CT molecular complexity index is 460. The van der Waals surface area contributed by atoms with Crippen molar-refractivity contribution >= 4 is 0 Å². The highest BCUT2D eigenvalue weighted by Gasteiger charge is 2.30. The van der Waals surface area contributed by atoms with Gasteiger partial charge in [-0.05, 0) is 51.3 Å². The SMILES string of the molecule is COc1ccc(C)cc1CN1CCC2NCCCC2C1. The normalized spacial score (nSPS) is 27.1. The maximum absolute atomic E-state index is 5.51. The molecule has 0 saturated carbocycles. The van der Waals surface area contributed by atoms with E-state index in [9.17, 15) is 0 Å². The van der Waals surface area contributed by atoms with Gasteiger partial charge in [0.1, 0.15) is 5.75 Å². The predicted molar refractivity (Wildman–Crippen MR) is 82.1 cm³/mol. The number of methoxy groups -OCH3 is 1. The molecule has 2 atom stereocenters. The smallest absolute Gasteiger partial charge is 0.123 e. The van der Waals surface area contributed by atoms with Crippen LogP contribution in [0.25, 0.3) is 0 Å². The zero-order valence-corrected chi connectivity index (χ0v) is 12.7. The second kappa shape index (κ2) is 6.15. The molecule has 2 heterocycles. The Morgan fingerprint density at radius 2 is 2.25 bits per heavy atom. The molecule has 3 rings (SSSR count). The number of nitrogens with zero attached hydrogens (tertiary/aromatic N) is 1. The third kappa shape index (κ3) is 2.99. The first-order chi connectivity index (χ1) is 9.76. The molecule has 1 aromatic carbocycles. The fraction of sp³-hybridized carbons (Fsp3) is 0.647. The van der Waals surface area contributed by atoms with Crippen molar-refractivity contribution in [1.29, 1.82) is 0 Å². The molecule has 0 aromatic heterocycles. The van der Waals surface area contributed by atoms with E-state index in [1.54, 1.807) is 7.11 Å². The second-order valence-electron chi connectivity index (χ2n) is 6.30. The van der Waals surface area contributed by atoms with E-state index in [0.29, 0.717) is 0 Å². The zero-order chi connectivity index (χ0) is 13.9. The predicted octanol–water partition coefficient (Wildman–Crippen LogP) is 2.58. The molecular weight excluding hydrogens is 248 g/mol. The topological polar surface area (TPSA) is 24.5 Å². The number of likely N-dealkylation sites (tertiary alicyclic amines) is 1. The molecule has 110 valence electrons. The van der Waals surface area contributed by atoms with Gasteiger partial charge >= 0.3 is 0 Å². The first kappa shape index (κ1) is 13.9. The van der Waals surface area contributed by atoms with E-state index in [-0.39, 0.29) is 0 Å². The number of piperidine rings is 2. The highest BCUT2D eigenvalue weighted by molar-refractivity contribution is 5.36. The molecule has 0 spiro atoms. The summed E-state index contributed by atoms with van der Waals surface area (Å²) in [5.41, 5.74) is 2.64. The van der Waals surface area contributed by atoms with Crippen molar-refractivity contribution in [1.82, 2.24) is 10.2 Å². The van der Waals surface area contributed by atoms with Gasteiger partial charge in [-0.3, -0.25) is 4.90 Å². The standard InChI is InChI=1S/C17H26N2O/c1-13-5-6-17(20-2)15(10-13)12-19-9-7-16-14(11-19)4-3-8-18-16/h5-6,10,14,16,18H,3-4,7-9,11-12H2,1-2H3. The van der Waals surface area contributed by atoms with Crippen molar-refractivity contribution in [3.8, 4) is 5.75 Å². The lowest BCUT2D eigenvalue weighted by atomic mass is 9.85. The van der Waals surface area contributed by atoms with E-state index < -0.39 is 0 Å². The van der Waals surface area contributed by atoms with Crippen LogP contribution in [0.1, 0.15) is 30.4 Å². The van der Waals surface area contributed by atoms with E-state index in [4.69, 9.17) is 4.74 Å². The lowest BCUT2D eigenvalue weighted by Crippen LogP contribution is -2.51. The highest BCUT2D eigenvalue weighted by Crippen LogP contribution is 2.28. The van der Waals surface area contributed by atoms with E-state index in [1.807, 2.05) is 0 Å². The first-order valence-corrected chi connectivity index (χ1v) is 7.85. The minimum Gasteiger partial charge on any atom is -0.496 e. The van der Waals surface area contributed by atoms with Crippen molar-refractivity contribution in [2.24, 2.45) is 5.92 Å². The van der Waals surface area contributed by atoms with Gasteiger partial charge < -0.3 is 10.1 Å². The van der Waals surface area contributed by atoms with Crippen LogP contribution >= 0.6 is 0 Å².